The molecule has 0 aromatic rings. The van der Waals surface area contributed by atoms with Crippen molar-refractivity contribution in [2.75, 3.05) is 26.5 Å². The monoisotopic (exact) mass is 291 g/mol. The zero-order valence-corrected chi connectivity index (χ0v) is 12.6. The molecule has 2 aliphatic rings. The maximum absolute atomic E-state index is 11.6. The molecule has 6 heteroatoms. The molecule has 0 bridgehead atoms. The van der Waals surface area contributed by atoms with Crippen LogP contribution in [0.3, 0.4) is 0 Å². The molecule has 0 amide bonds. The maximum atomic E-state index is 11.6. The van der Waals surface area contributed by atoms with Gasteiger partial charge in [0.05, 0.1) is 18.5 Å². The summed E-state index contributed by atoms with van der Waals surface area (Å²) in [5.41, 5.74) is 0. The molecule has 112 valence electrons. The Kier molecular flexibility index (Phi) is 4.87. The molecule has 1 aliphatic carbocycles. The van der Waals surface area contributed by atoms with Crippen LogP contribution in [0.2, 0.25) is 0 Å². The SMILES string of the molecule is COC(C(O)CC1CCCN(S(C)(=O)=O)C1)C1CC1. The van der Waals surface area contributed by atoms with Gasteiger partial charge in [-0.3, -0.25) is 0 Å². The van der Waals surface area contributed by atoms with E-state index in [0.717, 1.165) is 25.7 Å². The van der Waals surface area contributed by atoms with Gasteiger partial charge in [-0.1, -0.05) is 0 Å². The smallest absolute Gasteiger partial charge is 0.211 e. The first-order valence-electron chi connectivity index (χ1n) is 7.07. The highest BCUT2D eigenvalue weighted by molar-refractivity contribution is 7.88. The van der Waals surface area contributed by atoms with Crippen LogP contribution in [0.5, 0.6) is 0 Å². The van der Waals surface area contributed by atoms with Crippen molar-refractivity contribution in [3.8, 4) is 0 Å². The Hall–Kier alpha value is -0.170. The van der Waals surface area contributed by atoms with Gasteiger partial charge in [-0.05, 0) is 43.9 Å². The van der Waals surface area contributed by atoms with E-state index in [1.54, 1.807) is 7.11 Å². The van der Waals surface area contributed by atoms with Crippen molar-refractivity contribution >= 4 is 10.0 Å². The highest BCUT2D eigenvalue weighted by Crippen LogP contribution is 2.37. The van der Waals surface area contributed by atoms with Crippen LogP contribution in [0.15, 0.2) is 0 Å². The predicted octanol–water partition coefficient (Wildman–Crippen LogP) is 0.834. The Labute approximate surface area is 116 Å². The number of sulfonamides is 1. The summed E-state index contributed by atoms with van der Waals surface area (Å²) >= 11 is 0. The fourth-order valence-electron chi connectivity index (χ4n) is 3.08. The lowest BCUT2D eigenvalue weighted by molar-refractivity contribution is -0.0375. The third-order valence-electron chi connectivity index (χ3n) is 4.26. The van der Waals surface area contributed by atoms with Crippen LogP contribution in [0.4, 0.5) is 0 Å². The Morgan fingerprint density at radius 1 is 1.37 bits per heavy atom. The van der Waals surface area contributed by atoms with E-state index in [0.29, 0.717) is 25.4 Å². The average molecular weight is 291 g/mol. The first-order valence-corrected chi connectivity index (χ1v) is 8.92. The second kappa shape index (κ2) is 6.08. The highest BCUT2D eigenvalue weighted by atomic mass is 32.2. The molecule has 1 heterocycles. The van der Waals surface area contributed by atoms with Crippen LogP contribution in [0, 0.1) is 11.8 Å². The molecule has 1 saturated carbocycles. The van der Waals surface area contributed by atoms with E-state index in [2.05, 4.69) is 0 Å². The van der Waals surface area contributed by atoms with Gasteiger partial charge in [0, 0.05) is 20.2 Å². The molecular weight excluding hydrogens is 266 g/mol. The van der Waals surface area contributed by atoms with Crippen molar-refractivity contribution in [2.45, 2.75) is 44.3 Å². The van der Waals surface area contributed by atoms with Crippen LogP contribution in [-0.4, -0.2) is 56.5 Å². The first kappa shape index (κ1) is 15.2. The summed E-state index contributed by atoms with van der Waals surface area (Å²) in [4.78, 5) is 0. The molecule has 2 rings (SSSR count). The van der Waals surface area contributed by atoms with Crippen molar-refractivity contribution in [3.05, 3.63) is 0 Å². The summed E-state index contributed by atoms with van der Waals surface area (Å²) in [6, 6.07) is 0. The van der Waals surface area contributed by atoms with E-state index in [1.165, 1.54) is 10.6 Å². The maximum Gasteiger partial charge on any atom is 0.211 e. The number of aliphatic hydroxyl groups is 1. The van der Waals surface area contributed by atoms with Crippen LogP contribution in [0.25, 0.3) is 0 Å². The minimum atomic E-state index is -3.10. The van der Waals surface area contributed by atoms with Crippen molar-refractivity contribution in [3.63, 3.8) is 0 Å². The minimum Gasteiger partial charge on any atom is -0.390 e. The van der Waals surface area contributed by atoms with E-state index >= 15 is 0 Å². The summed E-state index contributed by atoms with van der Waals surface area (Å²) in [5, 5.41) is 10.3. The largest absolute Gasteiger partial charge is 0.390 e. The lowest BCUT2D eigenvalue weighted by atomic mass is 9.90. The molecule has 1 aliphatic heterocycles. The molecule has 0 aromatic carbocycles. The number of ether oxygens (including phenoxy) is 1. The van der Waals surface area contributed by atoms with Crippen molar-refractivity contribution in [2.24, 2.45) is 11.8 Å². The van der Waals surface area contributed by atoms with Crippen LogP contribution < -0.4 is 0 Å². The van der Waals surface area contributed by atoms with E-state index in [9.17, 15) is 13.5 Å². The second-order valence-corrected chi connectivity index (χ2v) is 7.95. The number of piperidine rings is 1. The molecular formula is C13H25NO4S. The van der Waals surface area contributed by atoms with E-state index in [-0.39, 0.29) is 12.0 Å². The number of rotatable bonds is 6. The topological polar surface area (TPSA) is 66.8 Å². The molecule has 5 nitrogen and oxygen atoms in total. The quantitative estimate of drug-likeness (QED) is 0.787. The van der Waals surface area contributed by atoms with Crippen LogP contribution in [0.1, 0.15) is 32.1 Å². The Morgan fingerprint density at radius 2 is 2.05 bits per heavy atom. The van der Waals surface area contributed by atoms with Gasteiger partial charge in [0.1, 0.15) is 0 Å². The van der Waals surface area contributed by atoms with Crippen LogP contribution >= 0.6 is 0 Å². The van der Waals surface area contributed by atoms with Gasteiger partial charge in [0.25, 0.3) is 0 Å². The Balaban J connectivity index is 1.87. The fraction of sp³-hybridized carbons (Fsp3) is 1.00. The molecule has 0 radical (unpaired) electrons. The molecule has 3 atom stereocenters. The number of aliphatic hydroxyl groups excluding tert-OH is 1. The molecule has 0 spiro atoms. The summed E-state index contributed by atoms with van der Waals surface area (Å²) in [5.74, 6) is 0.740. The first-order chi connectivity index (χ1) is 8.91. The molecule has 3 unspecified atom stereocenters. The standard InChI is InChI=1S/C13H25NO4S/c1-18-13(11-5-6-11)12(15)8-10-4-3-7-14(9-10)19(2,16)17/h10-13,15H,3-9H2,1-2H3. The van der Waals surface area contributed by atoms with Gasteiger partial charge in [-0.25, -0.2) is 12.7 Å². The zero-order valence-electron chi connectivity index (χ0n) is 11.8. The fourth-order valence-corrected chi connectivity index (χ4v) is 4.03. The molecule has 0 aromatic heterocycles. The van der Waals surface area contributed by atoms with E-state index < -0.39 is 16.1 Å². The van der Waals surface area contributed by atoms with Crippen molar-refractivity contribution < 1.29 is 18.3 Å². The number of hydrogen-bond acceptors (Lipinski definition) is 4. The van der Waals surface area contributed by atoms with Gasteiger partial charge in [0.2, 0.25) is 10.0 Å². The van der Waals surface area contributed by atoms with Gasteiger partial charge >= 0.3 is 0 Å². The third-order valence-corrected chi connectivity index (χ3v) is 5.53. The van der Waals surface area contributed by atoms with E-state index in [4.69, 9.17) is 4.74 Å². The summed E-state index contributed by atoms with van der Waals surface area (Å²) in [6.45, 7) is 1.15. The Morgan fingerprint density at radius 3 is 2.58 bits per heavy atom. The number of hydrogen-bond donors (Lipinski definition) is 1. The van der Waals surface area contributed by atoms with Gasteiger partial charge in [-0.2, -0.15) is 0 Å². The van der Waals surface area contributed by atoms with Gasteiger partial charge in [-0.15, -0.1) is 0 Å². The van der Waals surface area contributed by atoms with Crippen molar-refractivity contribution in [1.29, 1.82) is 0 Å². The highest BCUT2D eigenvalue weighted by Gasteiger charge is 2.37. The van der Waals surface area contributed by atoms with Crippen LogP contribution in [-0.2, 0) is 14.8 Å². The normalized spacial score (nSPS) is 29.1. The van der Waals surface area contributed by atoms with Gasteiger partial charge < -0.3 is 9.84 Å². The second-order valence-electron chi connectivity index (χ2n) is 5.97. The predicted molar refractivity (Wildman–Crippen MR) is 73.3 cm³/mol. The zero-order chi connectivity index (χ0) is 14.0. The number of methoxy groups -OCH3 is 1. The summed E-state index contributed by atoms with van der Waals surface area (Å²) in [7, 11) is -1.46. The summed E-state index contributed by atoms with van der Waals surface area (Å²) < 4.78 is 30.1. The third kappa shape index (κ3) is 4.15. The lowest BCUT2D eigenvalue weighted by Gasteiger charge is -2.33. The molecule has 1 saturated heterocycles. The lowest BCUT2D eigenvalue weighted by Crippen LogP contribution is -2.41. The van der Waals surface area contributed by atoms with Gasteiger partial charge in [0.15, 0.2) is 0 Å². The van der Waals surface area contributed by atoms with E-state index in [1.807, 2.05) is 0 Å². The average Bonchev–Trinajstić information content (AvgIpc) is 3.13. The summed E-state index contributed by atoms with van der Waals surface area (Å²) in [6.07, 6.45) is 5.49. The molecule has 19 heavy (non-hydrogen) atoms. The molecule has 1 N–H and O–H groups in total. The Bertz CT molecular complexity index is 393. The molecule has 2 fully saturated rings. The minimum absolute atomic E-state index is 0.0754. The van der Waals surface area contributed by atoms with Crippen molar-refractivity contribution in [1.82, 2.24) is 4.31 Å². The number of nitrogens with zero attached hydrogens (tertiary/aromatic N) is 1.